The second-order valence-electron chi connectivity index (χ2n) is 21.5. The minimum atomic E-state index is -0.870. The van der Waals surface area contributed by atoms with Gasteiger partial charge in [-0.2, -0.15) is 4.57 Å². The number of hydrogen-bond acceptors (Lipinski definition) is 12. The number of rotatable bonds is 30. The Morgan fingerprint density at radius 2 is 1.37 bits per heavy atom. The lowest BCUT2D eigenvalue weighted by Gasteiger charge is -2.24. The van der Waals surface area contributed by atoms with E-state index in [-0.39, 0.29) is 118 Å². The minimum absolute atomic E-state index is 0.00904. The zero-order valence-electron chi connectivity index (χ0n) is 49.1. The average Bonchev–Trinajstić information content (AvgIpc) is 1.76. The molecule has 2 atom stereocenters. The van der Waals surface area contributed by atoms with Crippen LogP contribution in [0.25, 0.3) is 39.0 Å². The first-order chi connectivity index (χ1) is 41.4. The van der Waals surface area contributed by atoms with E-state index in [9.17, 15) is 38.4 Å². The normalized spacial score (nSPS) is 12.9. The molecule has 1 aliphatic heterocycles. The number of Topliss-reactive ketones (excluding diaryl/α,β-unsaturated/α-hetero) is 1. The fraction of sp³-hybridized carbons (Fsp3) is 0.318. The van der Waals surface area contributed by atoms with Crippen LogP contribution in [0.5, 0.6) is 0 Å². The van der Waals surface area contributed by atoms with Gasteiger partial charge in [-0.1, -0.05) is 80.6 Å². The zero-order valence-corrected chi connectivity index (χ0v) is 49.1. The average molecular weight is 1170 g/mol. The minimum Gasteiger partial charge on any atom is -0.398 e. The van der Waals surface area contributed by atoms with E-state index in [1.807, 2.05) is 137 Å². The largest absolute Gasteiger partial charge is 0.398 e. The van der Waals surface area contributed by atoms with Gasteiger partial charge in [-0.3, -0.25) is 43.1 Å². The number of aryl methyl sites for hydroxylation is 2. The molecular weight excluding hydrogens is 1090 g/mol. The first kappa shape index (κ1) is 62.7. The van der Waals surface area contributed by atoms with Crippen molar-refractivity contribution in [2.45, 2.75) is 66.0 Å². The molecule has 20 nitrogen and oxygen atoms in total. The highest BCUT2D eigenvalue weighted by molar-refractivity contribution is 6.17. The van der Waals surface area contributed by atoms with Crippen molar-refractivity contribution in [2.24, 2.45) is 24.6 Å². The Hall–Kier alpha value is -9.37. The van der Waals surface area contributed by atoms with E-state index >= 15 is 0 Å². The Labute approximate surface area is 499 Å². The third kappa shape index (κ3) is 15.5. The van der Waals surface area contributed by atoms with Crippen LogP contribution in [0, 0.1) is 25.7 Å². The molecule has 2 aromatic heterocycles. The number of fused-ring (bicyclic) bond motifs is 1. The molecule has 20 heteroatoms. The number of nitrogens with two attached hydrogens (primary N) is 2. The van der Waals surface area contributed by atoms with Crippen molar-refractivity contribution < 1.29 is 52.3 Å². The summed E-state index contributed by atoms with van der Waals surface area (Å²) in [7, 11) is 1.77. The van der Waals surface area contributed by atoms with E-state index in [1.165, 1.54) is 16.8 Å². The van der Waals surface area contributed by atoms with Gasteiger partial charge in [-0.25, -0.2) is 9.48 Å². The smallest absolute Gasteiger partial charge is 0.312 e. The predicted molar refractivity (Wildman–Crippen MR) is 327 cm³/mol. The van der Waals surface area contributed by atoms with Gasteiger partial charge < -0.3 is 41.6 Å². The van der Waals surface area contributed by atoms with Crippen LogP contribution in [0.2, 0.25) is 0 Å². The number of pyridine rings is 1. The SMILES string of the molecule is Cc1ccc(C(=O)c2c(-c3ccccc3)n(C)n(-c3ccccc3)c2=O)c(N)c1-c1ccc2c(ccc(C)[n+]2Cc2ccc(NC(=O)[C@H](CCCNC(N)=O)CC(=O)[C@@H](NC(=O)CCOCCOCCOCCN3C(=O)C=CC3=O)C(C)C)cc2)c1. The predicted octanol–water partition coefficient (Wildman–Crippen LogP) is 6.90. The highest BCUT2D eigenvalue weighted by Crippen LogP contribution is 2.36. The highest BCUT2D eigenvalue weighted by Gasteiger charge is 2.32. The molecule has 7 N–H and O–H groups in total. The molecule has 8 rings (SSSR count). The van der Waals surface area contributed by atoms with Crippen LogP contribution in [0.3, 0.4) is 0 Å². The Morgan fingerprint density at radius 1 is 0.721 bits per heavy atom. The maximum atomic E-state index is 14.8. The number of ether oxygens (including phenoxy) is 3. The number of nitrogens with one attached hydrogen (secondary N) is 3. The van der Waals surface area contributed by atoms with Crippen LogP contribution in [-0.2, 0) is 51.8 Å². The number of para-hydroxylation sites is 1. The number of imide groups is 1. The standard InChI is InChI=1S/C66H73N9O11/c1-42(2)61(71-55(77)30-33-84-35-37-86-38-36-85-34-32-73-56(78)28-29-57(73)79)54(76)40-49(15-12-31-69-66(68)83)64(81)70-50-24-20-45(21-25-50)41-74-44(4)19-22-47-39-48(23-27-53(47)74)58-43(3)18-26-52(60(58)67)63(80)59-62(46-13-8-6-9-14-46)72(5)75(65(59)82)51-16-10-7-11-17-51/h6-11,13-14,16-29,39,42,49,61H,12,15,30-38,40-41H2,1-5H3,(H6-,67,68,69,70,71,77,80,81,83)/p+1/t49-,61+/m1/s1. The Kier molecular flexibility index (Phi) is 21.4. The maximum absolute atomic E-state index is 14.8. The van der Waals surface area contributed by atoms with E-state index in [2.05, 4.69) is 20.5 Å². The summed E-state index contributed by atoms with van der Waals surface area (Å²) < 4.78 is 21.9. The number of amides is 6. The van der Waals surface area contributed by atoms with E-state index in [1.54, 1.807) is 29.9 Å². The van der Waals surface area contributed by atoms with Crippen molar-refractivity contribution in [3.63, 3.8) is 0 Å². The molecule has 0 fully saturated rings. The van der Waals surface area contributed by atoms with Crippen molar-refractivity contribution >= 4 is 63.5 Å². The molecular formula is C66H74N9O11+. The summed E-state index contributed by atoms with van der Waals surface area (Å²) in [5.74, 6) is -3.39. The molecule has 0 saturated heterocycles. The lowest BCUT2D eigenvalue weighted by atomic mass is 9.89. The monoisotopic (exact) mass is 1170 g/mol. The molecule has 0 spiro atoms. The number of anilines is 2. The summed E-state index contributed by atoms with van der Waals surface area (Å²) in [5.41, 5.74) is 19.9. The quantitative estimate of drug-likeness (QED) is 0.0101. The number of benzene rings is 5. The van der Waals surface area contributed by atoms with Crippen molar-refractivity contribution in [3.8, 4) is 28.1 Å². The van der Waals surface area contributed by atoms with E-state index in [0.29, 0.717) is 41.2 Å². The van der Waals surface area contributed by atoms with Gasteiger partial charge in [0.25, 0.3) is 17.4 Å². The van der Waals surface area contributed by atoms with E-state index < -0.39 is 35.2 Å². The van der Waals surface area contributed by atoms with Gasteiger partial charge in [0.15, 0.2) is 18.0 Å². The Balaban J connectivity index is 0.891. The number of primary amides is 1. The lowest BCUT2D eigenvalue weighted by molar-refractivity contribution is -0.668. The molecule has 1 aliphatic rings. The van der Waals surface area contributed by atoms with Crippen molar-refractivity contribution in [2.75, 3.05) is 63.8 Å². The summed E-state index contributed by atoms with van der Waals surface area (Å²) in [6, 6.07) is 38.1. The number of ketones is 2. The molecule has 6 amide bonds. The highest BCUT2D eigenvalue weighted by atomic mass is 16.5. The summed E-state index contributed by atoms with van der Waals surface area (Å²) in [6.45, 7) is 9.70. The van der Waals surface area contributed by atoms with Crippen molar-refractivity contribution in [1.82, 2.24) is 24.9 Å². The van der Waals surface area contributed by atoms with Crippen molar-refractivity contribution in [1.29, 1.82) is 0 Å². The van der Waals surface area contributed by atoms with E-state index in [4.69, 9.17) is 25.7 Å². The number of urea groups is 1. The van der Waals surface area contributed by atoms with Gasteiger partial charge in [-0.05, 0) is 85.3 Å². The maximum Gasteiger partial charge on any atom is 0.312 e. The first-order valence-electron chi connectivity index (χ1n) is 28.7. The topological polar surface area (TPSA) is 269 Å². The fourth-order valence-corrected chi connectivity index (χ4v) is 10.6. The van der Waals surface area contributed by atoms with Gasteiger partial charge in [0, 0.05) is 96.9 Å². The molecule has 0 unspecified atom stereocenters. The molecule has 86 heavy (non-hydrogen) atoms. The van der Waals surface area contributed by atoms with E-state index in [0.717, 1.165) is 38.2 Å². The molecule has 7 aromatic rings. The molecule has 5 aromatic carbocycles. The number of carbonyl (C=O) groups excluding carboxylic acids is 7. The Morgan fingerprint density at radius 3 is 2.03 bits per heavy atom. The molecule has 0 bridgehead atoms. The van der Waals surface area contributed by atoms with Crippen LogP contribution in [0.4, 0.5) is 16.2 Å². The third-order valence-corrected chi connectivity index (χ3v) is 15.1. The third-order valence-electron chi connectivity index (χ3n) is 15.1. The Bertz CT molecular complexity index is 3690. The summed E-state index contributed by atoms with van der Waals surface area (Å²) in [4.78, 5) is 106. The van der Waals surface area contributed by atoms with Gasteiger partial charge >= 0.3 is 6.03 Å². The number of carbonyl (C=O) groups is 7. The van der Waals surface area contributed by atoms with Crippen molar-refractivity contribution in [3.05, 3.63) is 178 Å². The second kappa shape index (κ2) is 29.4. The van der Waals surface area contributed by atoms with Crippen LogP contribution < -0.4 is 37.5 Å². The molecule has 0 aliphatic carbocycles. The van der Waals surface area contributed by atoms with Gasteiger partial charge in [0.1, 0.15) is 5.56 Å². The summed E-state index contributed by atoms with van der Waals surface area (Å²) in [6.07, 6.45) is 2.89. The summed E-state index contributed by atoms with van der Waals surface area (Å²) >= 11 is 0. The van der Waals surface area contributed by atoms with Crippen LogP contribution in [0.15, 0.2) is 144 Å². The number of aromatic nitrogens is 3. The lowest BCUT2D eigenvalue weighted by Crippen LogP contribution is -2.45. The fourth-order valence-electron chi connectivity index (χ4n) is 10.6. The van der Waals surface area contributed by atoms with Gasteiger partial charge in [-0.15, -0.1) is 0 Å². The molecule has 3 heterocycles. The number of nitrogens with zero attached hydrogens (tertiary/aromatic N) is 4. The van der Waals surface area contributed by atoms with Crippen LogP contribution in [0.1, 0.15) is 72.3 Å². The molecule has 0 saturated carbocycles. The number of nitrogen functional groups attached to an aromatic ring is 1. The zero-order chi connectivity index (χ0) is 61.4. The first-order valence-corrected chi connectivity index (χ1v) is 28.7. The van der Waals surface area contributed by atoms with Crippen LogP contribution >= 0.6 is 0 Å². The molecule has 0 radical (unpaired) electrons. The summed E-state index contributed by atoms with van der Waals surface area (Å²) in [5, 5.41) is 9.27. The molecule has 448 valence electrons. The van der Waals surface area contributed by atoms with Gasteiger partial charge in [0.2, 0.25) is 23.1 Å². The second-order valence-corrected chi connectivity index (χ2v) is 21.5. The number of hydrogen-bond donors (Lipinski definition) is 5. The van der Waals surface area contributed by atoms with Gasteiger partial charge in [0.05, 0.1) is 69.3 Å². The van der Waals surface area contributed by atoms with Crippen LogP contribution in [-0.4, -0.2) is 114 Å².